The highest BCUT2D eigenvalue weighted by molar-refractivity contribution is 7.89. The number of rotatable bonds is 6. The highest BCUT2D eigenvalue weighted by Gasteiger charge is 2.33. The van der Waals surface area contributed by atoms with E-state index < -0.39 is 10.0 Å². The average Bonchev–Trinajstić information content (AvgIpc) is 2.30. The summed E-state index contributed by atoms with van der Waals surface area (Å²) in [7, 11) is -3.15. The van der Waals surface area contributed by atoms with E-state index in [4.69, 9.17) is 10.5 Å². The summed E-state index contributed by atoms with van der Waals surface area (Å²) in [6.07, 6.45) is 1.69. The summed E-state index contributed by atoms with van der Waals surface area (Å²) in [6, 6.07) is 0. The maximum atomic E-state index is 12.0. The van der Waals surface area contributed by atoms with Gasteiger partial charge in [0.1, 0.15) is 0 Å². The molecule has 6 heteroatoms. The fourth-order valence-corrected chi connectivity index (χ4v) is 3.27. The largest absolute Gasteiger partial charge is 0.381 e. The van der Waals surface area contributed by atoms with Crippen molar-refractivity contribution in [3.63, 3.8) is 0 Å². The molecular formula is C11H24N2O3S. The lowest BCUT2D eigenvalue weighted by Gasteiger charge is -2.37. The predicted octanol–water partition coefficient (Wildman–Crippen LogP) is 0.414. The van der Waals surface area contributed by atoms with Gasteiger partial charge < -0.3 is 10.5 Å². The zero-order valence-electron chi connectivity index (χ0n) is 10.8. The van der Waals surface area contributed by atoms with Crippen molar-refractivity contribution in [2.45, 2.75) is 26.7 Å². The molecule has 1 aliphatic heterocycles. The van der Waals surface area contributed by atoms with Gasteiger partial charge in [0.15, 0.2) is 0 Å². The molecule has 1 rings (SSSR count). The van der Waals surface area contributed by atoms with Crippen LogP contribution in [0.4, 0.5) is 0 Å². The number of nitrogens with zero attached hydrogens (tertiary/aromatic N) is 1. The van der Waals surface area contributed by atoms with Gasteiger partial charge in [-0.25, -0.2) is 12.7 Å². The Hall–Kier alpha value is -0.170. The fraction of sp³-hybridized carbons (Fsp3) is 1.00. The van der Waals surface area contributed by atoms with Gasteiger partial charge in [-0.2, -0.15) is 0 Å². The second-order valence-corrected chi connectivity index (χ2v) is 7.02. The summed E-state index contributed by atoms with van der Waals surface area (Å²) < 4.78 is 30.6. The van der Waals surface area contributed by atoms with Crippen LogP contribution in [-0.4, -0.2) is 51.3 Å². The average molecular weight is 264 g/mol. The van der Waals surface area contributed by atoms with Gasteiger partial charge in [0.25, 0.3) is 0 Å². The Balaban J connectivity index is 2.47. The Bertz CT molecular complexity index is 322. The van der Waals surface area contributed by atoms with Crippen molar-refractivity contribution >= 4 is 10.0 Å². The molecule has 1 fully saturated rings. The van der Waals surface area contributed by atoms with E-state index in [1.807, 2.05) is 6.92 Å². The molecule has 0 saturated carbocycles. The summed E-state index contributed by atoms with van der Waals surface area (Å²) in [5.74, 6) is 0.0835. The molecule has 1 saturated heterocycles. The van der Waals surface area contributed by atoms with E-state index >= 15 is 0 Å². The van der Waals surface area contributed by atoms with Gasteiger partial charge in [-0.05, 0) is 31.7 Å². The number of hydrogen-bond donors (Lipinski definition) is 1. The zero-order valence-corrected chi connectivity index (χ0v) is 11.6. The third kappa shape index (κ3) is 4.21. The van der Waals surface area contributed by atoms with Crippen molar-refractivity contribution in [2.75, 3.05) is 38.6 Å². The van der Waals surface area contributed by atoms with E-state index in [2.05, 4.69) is 6.92 Å². The quantitative estimate of drug-likeness (QED) is 0.705. The van der Waals surface area contributed by atoms with Gasteiger partial charge in [-0.3, -0.25) is 0 Å². The first-order chi connectivity index (χ1) is 7.93. The molecule has 0 aliphatic carbocycles. The first-order valence-corrected chi connectivity index (χ1v) is 7.80. The van der Waals surface area contributed by atoms with Crippen LogP contribution in [0.1, 0.15) is 26.7 Å². The maximum Gasteiger partial charge on any atom is 0.216 e. The molecule has 0 aromatic carbocycles. The Labute approximate surface area is 104 Å². The molecule has 0 aromatic heterocycles. The lowest BCUT2D eigenvalue weighted by molar-refractivity contribution is 0.158. The highest BCUT2D eigenvalue weighted by Crippen LogP contribution is 2.30. The molecule has 17 heavy (non-hydrogen) atoms. The van der Waals surface area contributed by atoms with Gasteiger partial charge >= 0.3 is 0 Å². The SMILES string of the molecule is CCOCCS(=O)(=O)N1CCC(C)(CN)CC1. The van der Waals surface area contributed by atoms with Gasteiger partial charge in [-0.15, -0.1) is 0 Å². The molecule has 0 radical (unpaired) electrons. The molecule has 0 atom stereocenters. The molecule has 5 nitrogen and oxygen atoms in total. The van der Waals surface area contributed by atoms with Crippen LogP contribution < -0.4 is 5.73 Å². The Kier molecular flexibility index (Phi) is 5.37. The summed E-state index contributed by atoms with van der Waals surface area (Å²) >= 11 is 0. The first-order valence-electron chi connectivity index (χ1n) is 6.19. The van der Waals surface area contributed by atoms with Crippen LogP contribution in [0.25, 0.3) is 0 Å². The van der Waals surface area contributed by atoms with Crippen LogP contribution in [0, 0.1) is 5.41 Å². The van der Waals surface area contributed by atoms with Crippen molar-refractivity contribution < 1.29 is 13.2 Å². The van der Waals surface area contributed by atoms with Gasteiger partial charge in [0, 0.05) is 19.7 Å². The van der Waals surface area contributed by atoms with Crippen molar-refractivity contribution in [2.24, 2.45) is 11.1 Å². The van der Waals surface area contributed by atoms with Crippen LogP contribution in [0.2, 0.25) is 0 Å². The number of hydrogen-bond acceptors (Lipinski definition) is 4. The normalized spacial score (nSPS) is 21.6. The maximum absolute atomic E-state index is 12.0. The number of piperidine rings is 1. The number of sulfonamides is 1. The molecule has 1 heterocycles. The smallest absolute Gasteiger partial charge is 0.216 e. The topological polar surface area (TPSA) is 72.6 Å². The minimum Gasteiger partial charge on any atom is -0.381 e. The summed E-state index contributed by atoms with van der Waals surface area (Å²) in [5, 5.41) is 0. The first kappa shape index (κ1) is 14.9. The van der Waals surface area contributed by atoms with Gasteiger partial charge in [0.05, 0.1) is 12.4 Å². The molecule has 0 bridgehead atoms. The minimum atomic E-state index is -3.15. The molecule has 1 aliphatic rings. The Morgan fingerprint density at radius 2 is 1.94 bits per heavy atom. The van der Waals surface area contributed by atoms with Crippen LogP contribution in [0.5, 0.6) is 0 Å². The van der Waals surface area contributed by atoms with E-state index in [0.717, 1.165) is 12.8 Å². The molecule has 0 unspecified atom stereocenters. The van der Waals surface area contributed by atoms with Crippen LogP contribution in [-0.2, 0) is 14.8 Å². The van der Waals surface area contributed by atoms with Gasteiger partial charge in [-0.1, -0.05) is 6.92 Å². The van der Waals surface area contributed by atoms with Gasteiger partial charge in [0.2, 0.25) is 10.0 Å². The predicted molar refractivity (Wildman–Crippen MR) is 68.2 cm³/mol. The molecular weight excluding hydrogens is 240 g/mol. The van der Waals surface area contributed by atoms with E-state index in [1.165, 1.54) is 0 Å². The lowest BCUT2D eigenvalue weighted by Crippen LogP contribution is -2.45. The third-order valence-electron chi connectivity index (χ3n) is 3.51. The summed E-state index contributed by atoms with van der Waals surface area (Å²) in [4.78, 5) is 0. The second kappa shape index (κ2) is 6.13. The van der Waals surface area contributed by atoms with Crippen molar-refractivity contribution in [3.05, 3.63) is 0 Å². The summed E-state index contributed by atoms with van der Waals surface area (Å²) in [6.45, 7) is 6.62. The Morgan fingerprint density at radius 1 is 1.35 bits per heavy atom. The molecule has 2 N–H and O–H groups in total. The van der Waals surface area contributed by atoms with E-state index in [0.29, 0.717) is 26.2 Å². The van der Waals surface area contributed by atoms with Crippen LogP contribution >= 0.6 is 0 Å². The number of nitrogens with two attached hydrogens (primary N) is 1. The van der Waals surface area contributed by atoms with E-state index in [-0.39, 0.29) is 17.8 Å². The Morgan fingerprint density at radius 3 is 2.41 bits per heavy atom. The fourth-order valence-electron chi connectivity index (χ4n) is 1.95. The third-order valence-corrected chi connectivity index (χ3v) is 5.34. The minimum absolute atomic E-state index is 0.0835. The van der Waals surface area contributed by atoms with Crippen molar-refractivity contribution in [1.29, 1.82) is 0 Å². The zero-order chi connectivity index (χ0) is 12.9. The van der Waals surface area contributed by atoms with E-state index in [1.54, 1.807) is 4.31 Å². The van der Waals surface area contributed by atoms with E-state index in [9.17, 15) is 8.42 Å². The van der Waals surface area contributed by atoms with Crippen molar-refractivity contribution in [3.8, 4) is 0 Å². The number of ether oxygens (including phenoxy) is 1. The van der Waals surface area contributed by atoms with Crippen molar-refractivity contribution in [1.82, 2.24) is 4.31 Å². The van der Waals surface area contributed by atoms with Crippen LogP contribution in [0.3, 0.4) is 0 Å². The molecule has 102 valence electrons. The molecule has 0 aromatic rings. The second-order valence-electron chi connectivity index (χ2n) is 4.93. The summed E-state index contributed by atoms with van der Waals surface area (Å²) in [5.41, 5.74) is 5.81. The van der Waals surface area contributed by atoms with Crippen LogP contribution in [0.15, 0.2) is 0 Å². The monoisotopic (exact) mass is 264 g/mol. The highest BCUT2D eigenvalue weighted by atomic mass is 32.2. The standard InChI is InChI=1S/C11H24N2O3S/c1-3-16-8-9-17(14,15)13-6-4-11(2,10-12)5-7-13/h3-10,12H2,1-2H3. The lowest BCUT2D eigenvalue weighted by atomic mass is 9.81. The molecule has 0 amide bonds. The molecule has 0 spiro atoms.